The Labute approximate surface area is 178 Å². The van der Waals surface area contributed by atoms with Gasteiger partial charge in [-0.05, 0) is 23.8 Å². The third-order valence-electron chi connectivity index (χ3n) is 4.47. The summed E-state index contributed by atoms with van der Waals surface area (Å²) in [6.07, 6.45) is 0.216. The number of halogens is 2. The summed E-state index contributed by atoms with van der Waals surface area (Å²) in [4.78, 5) is 25.4. The Morgan fingerprint density at radius 1 is 0.839 bits per heavy atom. The zero-order valence-corrected chi connectivity index (χ0v) is 16.5. The zero-order chi connectivity index (χ0) is 22.1. The molecule has 3 aromatic rings. The summed E-state index contributed by atoms with van der Waals surface area (Å²) in [7, 11) is 0. The van der Waals surface area contributed by atoms with Crippen LogP contribution in [0.2, 0.25) is 0 Å². The van der Waals surface area contributed by atoms with E-state index in [2.05, 4.69) is 10.1 Å². The van der Waals surface area contributed by atoms with Gasteiger partial charge in [0.1, 0.15) is 18.4 Å². The van der Waals surface area contributed by atoms with Gasteiger partial charge in [0.05, 0.1) is 0 Å². The van der Waals surface area contributed by atoms with E-state index in [0.29, 0.717) is 11.1 Å². The summed E-state index contributed by atoms with van der Waals surface area (Å²) < 4.78 is 35.0. The number of rotatable bonds is 9. The normalized spacial score (nSPS) is 11.6. The molecule has 0 bridgehead atoms. The Kier molecular flexibility index (Phi) is 7.70. The number of ether oxygens (including phenoxy) is 2. The lowest BCUT2D eigenvalue weighted by molar-refractivity contribution is -0.147. The van der Waals surface area contributed by atoms with Crippen molar-refractivity contribution in [2.24, 2.45) is 0 Å². The van der Waals surface area contributed by atoms with Crippen molar-refractivity contribution < 1.29 is 27.8 Å². The van der Waals surface area contributed by atoms with Gasteiger partial charge in [0.25, 0.3) is 5.91 Å². The maximum atomic E-state index is 12.8. The van der Waals surface area contributed by atoms with E-state index in [9.17, 15) is 18.4 Å². The molecule has 0 heterocycles. The molecule has 1 atom stereocenters. The quantitative estimate of drug-likeness (QED) is 0.517. The van der Waals surface area contributed by atoms with Gasteiger partial charge in [0, 0.05) is 17.5 Å². The monoisotopic (exact) mass is 425 g/mol. The minimum absolute atomic E-state index is 0.0711. The van der Waals surface area contributed by atoms with Crippen LogP contribution in [-0.4, -0.2) is 24.5 Å². The lowest BCUT2D eigenvalue weighted by Gasteiger charge is -2.19. The topological polar surface area (TPSA) is 64.6 Å². The van der Waals surface area contributed by atoms with Crippen LogP contribution in [0.1, 0.15) is 21.5 Å². The highest BCUT2D eigenvalue weighted by atomic mass is 19.3. The van der Waals surface area contributed by atoms with Crippen LogP contribution in [-0.2, 0) is 22.6 Å². The molecule has 0 saturated carbocycles. The molecule has 1 unspecified atom stereocenters. The molecule has 0 aliphatic heterocycles. The second kappa shape index (κ2) is 10.9. The fraction of sp³-hybridized carbons (Fsp3) is 0.167. The summed E-state index contributed by atoms with van der Waals surface area (Å²) in [6, 6.07) is 22.8. The highest BCUT2D eigenvalue weighted by molar-refractivity contribution is 5.96. The largest absolute Gasteiger partial charge is 0.459 e. The summed E-state index contributed by atoms with van der Waals surface area (Å²) in [5.74, 6) is -1.17. The molecule has 3 rings (SSSR count). The van der Waals surface area contributed by atoms with Crippen molar-refractivity contribution in [3.05, 3.63) is 102 Å². The van der Waals surface area contributed by atoms with Crippen molar-refractivity contribution in [3.63, 3.8) is 0 Å². The molecule has 0 aromatic heterocycles. The van der Waals surface area contributed by atoms with Gasteiger partial charge in [-0.25, -0.2) is 4.79 Å². The number of alkyl halides is 2. The first-order valence-corrected chi connectivity index (χ1v) is 9.62. The first-order chi connectivity index (χ1) is 15.0. The Bertz CT molecular complexity index is 997. The lowest BCUT2D eigenvalue weighted by Crippen LogP contribution is -2.43. The molecular weight excluding hydrogens is 404 g/mol. The van der Waals surface area contributed by atoms with Crippen LogP contribution in [0.3, 0.4) is 0 Å². The standard InChI is InChI=1S/C24H21F2NO4/c25-24(26)31-21-14-8-7-13-19(21)16-30-23(29)20(15-17-9-3-1-4-10-17)27-22(28)18-11-5-2-6-12-18/h1-14,20,24H,15-16H2,(H,27,28). The number of carbonyl (C=O) groups is 2. The van der Waals surface area contributed by atoms with E-state index in [0.717, 1.165) is 5.56 Å². The Morgan fingerprint density at radius 3 is 2.13 bits per heavy atom. The fourth-order valence-corrected chi connectivity index (χ4v) is 2.96. The number of esters is 1. The van der Waals surface area contributed by atoms with Crippen molar-refractivity contribution >= 4 is 11.9 Å². The van der Waals surface area contributed by atoms with Gasteiger partial charge in [-0.15, -0.1) is 0 Å². The number of amides is 1. The van der Waals surface area contributed by atoms with E-state index in [1.807, 2.05) is 30.3 Å². The summed E-state index contributed by atoms with van der Waals surface area (Å²) in [5.41, 5.74) is 1.53. The molecule has 5 nitrogen and oxygen atoms in total. The van der Waals surface area contributed by atoms with Crippen molar-refractivity contribution in [1.82, 2.24) is 5.32 Å². The van der Waals surface area contributed by atoms with Gasteiger partial charge < -0.3 is 14.8 Å². The van der Waals surface area contributed by atoms with Crippen molar-refractivity contribution in [2.75, 3.05) is 0 Å². The van der Waals surface area contributed by atoms with E-state index in [1.54, 1.807) is 42.5 Å². The number of carbonyl (C=O) groups excluding carboxylic acids is 2. The molecule has 0 spiro atoms. The van der Waals surface area contributed by atoms with Gasteiger partial charge in [-0.3, -0.25) is 4.79 Å². The minimum Gasteiger partial charge on any atom is -0.459 e. The zero-order valence-electron chi connectivity index (χ0n) is 16.5. The maximum absolute atomic E-state index is 12.8. The summed E-state index contributed by atoms with van der Waals surface area (Å²) >= 11 is 0. The molecule has 0 saturated heterocycles. The van der Waals surface area contributed by atoms with E-state index >= 15 is 0 Å². The van der Waals surface area contributed by atoms with Crippen LogP contribution in [0.4, 0.5) is 8.78 Å². The SMILES string of the molecule is O=C(NC(Cc1ccccc1)C(=O)OCc1ccccc1OC(F)F)c1ccccc1. The van der Waals surface area contributed by atoms with Crippen molar-refractivity contribution in [1.29, 1.82) is 0 Å². The average Bonchev–Trinajstić information content (AvgIpc) is 2.78. The van der Waals surface area contributed by atoms with Crippen LogP contribution in [0, 0.1) is 0 Å². The molecule has 160 valence electrons. The Balaban J connectivity index is 1.72. The van der Waals surface area contributed by atoms with Gasteiger partial charge >= 0.3 is 12.6 Å². The molecule has 1 N–H and O–H groups in total. The summed E-state index contributed by atoms with van der Waals surface area (Å²) in [5, 5.41) is 2.70. The van der Waals surface area contributed by atoms with E-state index in [-0.39, 0.29) is 18.8 Å². The molecule has 1 amide bonds. The number of hydrogen-bond acceptors (Lipinski definition) is 4. The smallest absolute Gasteiger partial charge is 0.387 e. The van der Waals surface area contributed by atoms with Crippen LogP contribution < -0.4 is 10.1 Å². The second-order valence-corrected chi connectivity index (χ2v) is 6.68. The molecular formula is C24H21F2NO4. The highest BCUT2D eigenvalue weighted by Crippen LogP contribution is 2.21. The molecule has 7 heteroatoms. The third kappa shape index (κ3) is 6.64. The van der Waals surface area contributed by atoms with Gasteiger partial charge in [-0.1, -0.05) is 66.7 Å². The third-order valence-corrected chi connectivity index (χ3v) is 4.47. The van der Waals surface area contributed by atoms with Gasteiger partial charge in [0.2, 0.25) is 0 Å². The molecule has 31 heavy (non-hydrogen) atoms. The van der Waals surface area contributed by atoms with Crippen LogP contribution in [0.15, 0.2) is 84.9 Å². The number of hydrogen-bond donors (Lipinski definition) is 1. The van der Waals surface area contributed by atoms with E-state index in [4.69, 9.17) is 4.74 Å². The van der Waals surface area contributed by atoms with Gasteiger partial charge in [-0.2, -0.15) is 8.78 Å². The van der Waals surface area contributed by atoms with Gasteiger partial charge in [0.15, 0.2) is 0 Å². The van der Waals surface area contributed by atoms with Crippen LogP contribution >= 0.6 is 0 Å². The molecule has 0 radical (unpaired) electrons. The average molecular weight is 425 g/mol. The van der Waals surface area contributed by atoms with E-state index in [1.165, 1.54) is 12.1 Å². The first kappa shape index (κ1) is 22.0. The number of nitrogens with one attached hydrogen (secondary N) is 1. The van der Waals surface area contributed by atoms with Crippen LogP contribution in [0.25, 0.3) is 0 Å². The molecule has 0 fully saturated rings. The summed E-state index contributed by atoms with van der Waals surface area (Å²) in [6.45, 7) is -3.26. The predicted molar refractivity (Wildman–Crippen MR) is 111 cm³/mol. The van der Waals surface area contributed by atoms with Crippen molar-refractivity contribution in [2.45, 2.75) is 25.7 Å². The molecule has 3 aromatic carbocycles. The number of benzene rings is 3. The second-order valence-electron chi connectivity index (χ2n) is 6.68. The van der Waals surface area contributed by atoms with E-state index < -0.39 is 24.5 Å². The Hall–Kier alpha value is -3.74. The molecule has 0 aliphatic rings. The first-order valence-electron chi connectivity index (χ1n) is 9.62. The molecule has 0 aliphatic carbocycles. The lowest BCUT2D eigenvalue weighted by atomic mass is 10.1. The highest BCUT2D eigenvalue weighted by Gasteiger charge is 2.24. The maximum Gasteiger partial charge on any atom is 0.387 e. The number of para-hydroxylation sites is 1. The minimum atomic E-state index is -2.99. The van der Waals surface area contributed by atoms with Crippen molar-refractivity contribution in [3.8, 4) is 5.75 Å². The fourth-order valence-electron chi connectivity index (χ4n) is 2.96. The van der Waals surface area contributed by atoms with Crippen LogP contribution in [0.5, 0.6) is 5.75 Å². The predicted octanol–water partition coefficient (Wildman–Crippen LogP) is 4.37. The Morgan fingerprint density at radius 2 is 1.45 bits per heavy atom.